The molecule has 109 heavy (non-hydrogen) atoms. The van der Waals surface area contributed by atoms with Gasteiger partial charge in [0.1, 0.15) is 84.3 Å². The van der Waals surface area contributed by atoms with Crippen LogP contribution in [0.5, 0.6) is 0 Å². The average molecular weight is 1530 g/mol. The van der Waals surface area contributed by atoms with Crippen LogP contribution in [0.15, 0.2) is 42.1 Å². The highest BCUT2D eigenvalue weighted by molar-refractivity contribution is 6.03. The summed E-state index contributed by atoms with van der Waals surface area (Å²) in [6, 6.07) is -7.56. The van der Waals surface area contributed by atoms with E-state index >= 15 is 9.59 Å². The van der Waals surface area contributed by atoms with Crippen molar-refractivity contribution in [1.82, 2.24) is 68.7 Å². The van der Waals surface area contributed by atoms with Crippen molar-refractivity contribution in [3.05, 3.63) is 47.7 Å². The van der Waals surface area contributed by atoms with Crippen molar-refractivity contribution in [2.75, 3.05) is 13.1 Å². The maximum absolute atomic E-state index is 15.1. The lowest BCUT2D eigenvalue weighted by Gasteiger charge is -2.34. The number of nitrogens with zero attached hydrogens (tertiary/aromatic N) is 1. The van der Waals surface area contributed by atoms with Gasteiger partial charge in [0.05, 0.1) is 6.10 Å². The highest BCUT2D eigenvalue weighted by Crippen LogP contribution is 2.28. The molecule has 30 nitrogen and oxygen atoms in total. The third-order valence-corrected chi connectivity index (χ3v) is 20.9. The molecule has 4 unspecified atom stereocenters. The van der Waals surface area contributed by atoms with Gasteiger partial charge in [-0.3, -0.25) is 62.3 Å². The zero-order valence-electron chi connectivity index (χ0n) is 67.5. The van der Waals surface area contributed by atoms with Gasteiger partial charge >= 0.3 is 5.97 Å². The molecule has 13 amide bonds. The molecule has 0 spiro atoms. The third-order valence-electron chi connectivity index (χ3n) is 20.9. The van der Waals surface area contributed by atoms with Gasteiger partial charge in [0.15, 0.2) is 0 Å². The summed E-state index contributed by atoms with van der Waals surface area (Å²) in [4.78, 5) is 204. The number of carbonyl (C=O) groups is 14. The fourth-order valence-electron chi connectivity index (χ4n) is 13.6. The van der Waals surface area contributed by atoms with E-state index in [0.29, 0.717) is 37.2 Å². The number of allylic oxidation sites excluding steroid dienone is 1. The standard InChI is InChI=1S/C79H130N14O16/c1-18-47(14)63(75(104)92-66-50(17)109-79(108)62(46(12)13)88-67(96)53(20-3)82-69(98)56(41-52-33-25-22-26-34-52)84-72(101)59(43(6)7)85-74(103)64(48(15)19-2)90-77(66)106)89-68(97)54(35-28-38-80)83-71(100)57-36-29-39-93(57)78(107)61(45(10)11)87-73(102)60(44(8)9)86-76(105)65(49(16)94)91-70(99)55(40-51-31-23-21-24-32-51)81-58(95)37-27-30-42(4)5/h20,22,25-26,33-34,42-51,54-57,59-66,94H,18-19,21,23-24,27-32,35-41,80H2,1-17H3,(H,81,95)(H,82,98)(H,83,100)(H,84,101)(H,85,103)(H,86,105)(H,87,102)(H,88,96)(H,89,97)(H,90,106)(H,91,99)(H,92,104)/b53-20-/t47?,48?,49?,50?,54-,55+,56-,57+,59+,60-,61+,62-,63+,64+,65-,66+/m0/s1. The molecule has 4 rings (SSSR count). The largest absolute Gasteiger partial charge is 0.458 e. The van der Waals surface area contributed by atoms with Crippen LogP contribution in [0.3, 0.4) is 0 Å². The van der Waals surface area contributed by atoms with Crippen LogP contribution >= 0.6 is 0 Å². The van der Waals surface area contributed by atoms with Gasteiger partial charge < -0.3 is 84.3 Å². The number of carbonyl (C=O) groups excluding carboxylic acids is 14. The summed E-state index contributed by atoms with van der Waals surface area (Å²) in [6.07, 6.45) is 6.28. The Balaban J connectivity index is 1.63. The minimum absolute atomic E-state index is 0.0346. The molecule has 2 heterocycles. The summed E-state index contributed by atoms with van der Waals surface area (Å²) in [7, 11) is 0. The second-order valence-electron chi connectivity index (χ2n) is 31.8. The minimum Gasteiger partial charge on any atom is -0.458 e. The van der Waals surface area contributed by atoms with Gasteiger partial charge in [-0.2, -0.15) is 0 Å². The number of nitrogens with two attached hydrogens (primary N) is 1. The van der Waals surface area contributed by atoms with Crippen molar-refractivity contribution in [2.24, 2.45) is 53.1 Å². The predicted molar refractivity (Wildman–Crippen MR) is 412 cm³/mol. The smallest absolute Gasteiger partial charge is 0.329 e. The molecule has 1 saturated carbocycles. The Morgan fingerprint density at radius 2 is 1.18 bits per heavy atom. The SMILES string of the molecule is C/C=C1\NC(=O)[C@H](Cc2ccccc2)NC(=O)[C@@H](C(C)C)NC(=O)[C@@H](C(C)CC)NC(=O)[C@H](NC(=O)[C@H](NC(=O)[C@H](CCCN)NC(=O)[C@H]2CCCN2C(=O)[C@H](NC(=O)[C@@H](NC(=O)[C@@H](NC(=O)[C@@H](CC2CCCCC2)NC(=O)CCCC(C)C)C(C)O)C(C)C)C(C)C)C(C)CC)C(C)OC(=O)[C@H](C(C)C)NC1=O. The van der Waals surface area contributed by atoms with Gasteiger partial charge in [0.2, 0.25) is 70.9 Å². The van der Waals surface area contributed by atoms with E-state index in [1.165, 1.54) is 31.7 Å². The van der Waals surface area contributed by atoms with Crippen molar-refractivity contribution >= 4 is 82.8 Å². The zero-order chi connectivity index (χ0) is 81.7. The Bertz CT molecular complexity index is 3270. The predicted octanol–water partition coefficient (Wildman–Crippen LogP) is 3.15. The van der Waals surface area contributed by atoms with E-state index in [9.17, 15) is 62.6 Å². The molecule has 15 N–H and O–H groups in total. The van der Waals surface area contributed by atoms with Crippen molar-refractivity contribution in [3.8, 4) is 0 Å². The Morgan fingerprint density at radius 1 is 0.606 bits per heavy atom. The topological polar surface area (TPSA) is 442 Å². The molecule has 16 atom stereocenters. The first-order valence-corrected chi connectivity index (χ1v) is 39.6. The number of aliphatic hydroxyl groups excluding tert-OH is 1. The monoisotopic (exact) mass is 1530 g/mol. The van der Waals surface area contributed by atoms with E-state index in [1.54, 1.807) is 113 Å². The lowest BCUT2D eigenvalue weighted by Crippen LogP contribution is -2.64. The number of aliphatic hydroxyl groups is 1. The molecule has 1 aliphatic carbocycles. The van der Waals surface area contributed by atoms with Crippen LogP contribution in [-0.2, 0) is 78.3 Å². The Kier molecular flexibility index (Phi) is 38.8. The average Bonchev–Trinajstić information content (AvgIpc) is 1.81. The Hall–Kier alpha value is -8.54. The van der Waals surface area contributed by atoms with Crippen LogP contribution in [0.25, 0.3) is 0 Å². The second kappa shape index (κ2) is 45.6. The molecule has 0 radical (unpaired) electrons. The summed E-state index contributed by atoms with van der Waals surface area (Å²) < 4.78 is 5.97. The zero-order valence-corrected chi connectivity index (χ0v) is 67.5. The van der Waals surface area contributed by atoms with Gasteiger partial charge in [-0.15, -0.1) is 0 Å². The number of esters is 1. The van der Waals surface area contributed by atoms with E-state index in [2.05, 4.69) is 77.6 Å². The summed E-state index contributed by atoms with van der Waals surface area (Å²) in [5.41, 5.74) is 6.36. The summed E-state index contributed by atoms with van der Waals surface area (Å²) in [5, 5.41) is 43.7. The number of benzene rings is 1. The van der Waals surface area contributed by atoms with Crippen LogP contribution in [0, 0.1) is 47.3 Å². The first-order valence-electron chi connectivity index (χ1n) is 39.6. The molecule has 2 saturated heterocycles. The van der Waals surface area contributed by atoms with E-state index in [-0.39, 0.29) is 69.1 Å². The number of likely N-dealkylation sites (tertiary alicyclic amines) is 1. The van der Waals surface area contributed by atoms with Gasteiger partial charge in [-0.05, 0) is 119 Å². The fraction of sp³-hybridized carbons (Fsp3) is 0.722. The van der Waals surface area contributed by atoms with Crippen molar-refractivity contribution in [1.29, 1.82) is 0 Å². The van der Waals surface area contributed by atoms with E-state index < -0.39 is 197 Å². The number of cyclic esters (lactones) is 1. The van der Waals surface area contributed by atoms with Crippen molar-refractivity contribution in [3.63, 3.8) is 0 Å². The van der Waals surface area contributed by atoms with E-state index in [0.717, 1.165) is 38.5 Å². The quantitative estimate of drug-likeness (QED) is 0.0348. The summed E-state index contributed by atoms with van der Waals surface area (Å²) in [5.74, 6) is -14.3. The normalized spacial score (nSPS) is 23.1. The van der Waals surface area contributed by atoms with Crippen LogP contribution < -0.4 is 69.5 Å². The molecule has 3 fully saturated rings. The second-order valence-corrected chi connectivity index (χ2v) is 31.8. The molecular weight excluding hydrogens is 1400 g/mol. The number of amides is 13. The molecule has 30 heteroatoms. The Labute approximate surface area is 644 Å². The number of ether oxygens (including phenoxy) is 1. The van der Waals surface area contributed by atoms with Crippen LogP contribution in [0.2, 0.25) is 0 Å². The van der Waals surface area contributed by atoms with Crippen molar-refractivity contribution < 1.29 is 77.0 Å². The van der Waals surface area contributed by atoms with E-state index in [4.69, 9.17) is 10.5 Å². The fourth-order valence-corrected chi connectivity index (χ4v) is 13.6. The molecule has 1 aromatic carbocycles. The maximum Gasteiger partial charge on any atom is 0.329 e. The minimum atomic E-state index is -1.83. The lowest BCUT2D eigenvalue weighted by atomic mass is 9.84. The first-order chi connectivity index (χ1) is 51.4. The van der Waals surface area contributed by atoms with Gasteiger partial charge in [-0.25, -0.2) is 4.79 Å². The summed E-state index contributed by atoms with van der Waals surface area (Å²) >= 11 is 0. The van der Waals surface area contributed by atoms with Gasteiger partial charge in [0.25, 0.3) is 5.91 Å². The number of hydrogen-bond acceptors (Lipinski definition) is 17. The first kappa shape index (κ1) is 92.8. The van der Waals surface area contributed by atoms with Gasteiger partial charge in [0, 0.05) is 19.4 Å². The molecule has 1 aromatic rings. The van der Waals surface area contributed by atoms with Crippen LogP contribution in [-0.4, -0.2) is 191 Å². The molecule has 612 valence electrons. The molecular formula is C79H130N14O16. The number of nitrogens with one attached hydrogen (secondary N) is 12. The van der Waals surface area contributed by atoms with Gasteiger partial charge in [-0.1, -0.05) is 185 Å². The highest BCUT2D eigenvalue weighted by Gasteiger charge is 2.45. The maximum atomic E-state index is 15.1. The molecule has 2 aliphatic heterocycles. The van der Waals surface area contributed by atoms with Crippen LogP contribution in [0.4, 0.5) is 0 Å². The summed E-state index contributed by atoms with van der Waals surface area (Å²) in [6.45, 7) is 28.5. The third kappa shape index (κ3) is 28.7. The molecule has 0 aromatic heterocycles. The van der Waals surface area contributed by atoms with Crippen molar-refractivity contribution in [2.45, 2.75) is 305 Å². The number of rotatable bonds is 34. The lowest BCUT2D eigenvalue weighted by molar-refractivity contribution is -0.157. The molecule has 0 bridgehead atoms. The number of hydrogen-bond donors (Lipinski definition) is 14. The highest BCUT2D eigenvalue weighted by atomic mass is 16.5. The Morgan fingerprint density at radius 3 is 1.75 bits per heavy atom. The van der Waals surface area contributed by atoms with Crippen LogP contribution in [0.1, 0.15) is 220 Å². The molecule has 3 aliphatic rings. The van der Waals surface area contributed by atoms with E-state index in [1.807, 2.05) is 0 Å².